The van der Waals surface area contributed by atoms with E-state index in [1.54, 1.807) is 34.9 Å². The van der Waals surface area contributed by atoms with E-state index in [0.29, 0.717) is 37.9 Å². The van der Waals surface area contributed by atoms with Crippen LogP contribution in [0.25, 0.3) is 10.3 Å². The van der Waals surface area contributed by atoms with Crippen LogP contribution in [-0.2, 0) is 13.1 Å². The second-order valence-electron chi connectivity index (χ2n) is 6.46. The van der Waals surface area contributed by atoms with Crippen LogP contribution in [0.5, 0.6) is 11.5 Å². The van der Waals surface area contributed by atoms with Crippen molar-refractivity contribution in [2.45, 2.75) is 13.1 Å². The number of nitrogens with zero attached hydrogens (tertiary/aromatic N) is 3. The minimum atomic E-state index is -0.281. The average Bonchev–Trinajstić information content (AvgIpc) is 3.08. The van der Waals surface area contributed by atoms with Gasteiger partial charge in [-0.1, -0.05) is 35.6 Å². The minimum Gasteiger partial charge on any atom is -0.457 e. The topological polar surface area (TPSA) is 66.1 Å². The van der Waals surface area contributed by atoms with Crippen LogP contribution in [0.2, 0.25) is 0 Å². The Balaban J connectivity index is 1.54. The number of Topliss-reactive ketones (excluding diaryl/α,β-unsaturated/α-hetero) is 1. The molecule has 30 heavy (non-hydrogen) atoms. The maximum absolute atomic E-state index is 12.8. The molecule has 150 valence electrons. The van der Waals surface area contributed by atoms with Crippen LogP contribution in [0, 0.1) is 3.95 Å². The van der Waals surface area contributed by atoms with E-state index in [0.717, 1.165) is 0 Å². The van der Waals surface area contributed by atoms with Crippen molar-refractivity contribution in [2.24, 2.45) is 0 Å². The number of hydrogen-bond donors (Lipinski definition) is 0. The Morgan fingerprint density at radius 3 is 2.53 bits per heavy atom. The molecule has 4 aromatic rings. The summed E-state index contributed by atoms with van der Waals surface area (Å²) in [4.78, 5) is 29.8. The summed E-state index contributed by atoms with van der Waals surface area (Å²) in [6, 6.07) is 16.2. The number of carbonyl (C=O) groups excluding carboxylic acids is 1. The molecule has 0 amide bonds. The number of benzene rings is 2. The van der Waals surface area contributed by atoms with Crippen molar-refractivity contribution in [3.05, 3.63) is 93.5 Å². The zero-order valence-corrected chi connectivity index (χ0v) is 17.5. The predicted octanol–water partition coefficient (Wildman–Crippen LogP) is 4.85. The number of ketones is 1. The van der Waals surface area contributed by atoms with Gasteiger partial charge in [0.1, 0.15) is 22.5 Å². The first-order valence-corrected chi connectivity index (χ1v) is 10.3. The second-order valence-corrected chi connectivity index (χ2v) is 8.10. The molecule has 0 aliphatic heterocycles. The van der Waals surface area contributed by atoms with Gasteiger partial charge in [0.15, 0.2) is 15.4 Å². The summed E-state index contributed by atoms with van der Waals surface area (Å²) in [7, 11) is 0. The monoisotopic (exact) mass is 435 g/mol. The molecule has 2 heterocycles. The number of hydrogen-bond acceptors (Lipinski definition) is 6. The predicted molar refractivity (Wildman–Crippen MR) is 120 cm³/mol. The number of carbonyl (C=O) groups is 1. The molecule has 0 fully saturated rings. The second kappa shape index (κ2) is 8.56. The van der Waals surface area contributed by atoms with Crippen LogP contribution in [0.4, 0.5) is 0 Å². The van der Waals surface area contributed by atoms with Gasteiger partial charge in [-0.3, -0.25) is 14.2 Å². The molecule has 2 aromatic carbocycles. The summed E-state index contributed by atoms with van der Waals surface area (Å²) in [5.74, 6) is 1.15. The summed E-state index contributed by atoms with van der Waals surface area (Å²) < 4.78 is 9.78. The molecule has 0 radical (unpaired) electrons. The van der Waals surface area contributed by atoms with Crippen molar-refractivity contribution >= 4 is 39.7 Å². The minimum absolute atomic E-state index is 0.104. The highest BCUT2D eigenvalue weighted by Crippen LogP contribution is 2.22. The Labute approximate surface area is 181 Å². The molecular formula is C22H17N3O3S2. The molecule has 2 aromatic heterocycles. The van der Waals surface area contributed by atoms with Gasteiger partial charge in [-0.2, -0.15) is 0 Å². The molecule has 0 aliphatic rings. The van der Waals surface area contributed by atoms with E-state index < -0.39 is 0 Å². The maximum Gasteiger partial charge on any atom is 0.273 e. The van der Waals surface area contributed by atoms with Crippen molar-refractivity contribution in [3.8, 4) is 11.5 Å². The number of fused-ring (bicyclic) bond motifs is 1. The molecule has 4 rings (SSSR count). The third kappa shape index (κ3) is 4.00. The van der Waals surface area contributed by atoms with E-state index in [9.17, 15) is 9.59 Å². The lowest BCUT2D eigenvalue weighted by atomic mass is 10.1. The highest BCUT2D eigenvalue weighted by Gasteiger charge is 2.14. The fourth-order valence-electron chi connectivity index (χ4n) is 2.95. The summed E-state index contributed by atoms with van der Waals surface area (Å²) in [6.07, 6.45) is 3.08. The summed E-state index contributed by atoms with van der Waals surface area (Å²) >= 11 is 6.50. The maximum atomic E-state index is 12.8. The lowest BCUT2D eigenvalue weighted by Crippen LogP contribution is -2.24. The molecule has 0 saturated heterocycles. The van der Waals surface area contributed by atoms with Gasteiger partial charge in [0, 0.05) is 12.1 Å². The van der Waals surface area contributed by atoms with Gasteiger partial charge >= 0.3 is 0 Å². The number of rotatable bonds is 7. The molecule has 0 bridgehead atoms. The Hall–Kier alpha value is -3.36. The van der Waals surface area contributed by atoms with E-state index in [-0.39, 0.29) is 17.9 Å². The highest BCUT2D eigenvalue weighted by atomic mass is 32.1. The number of thiazole rings is 1. The van der Waals surface area contributed by atoms with E-state index in [1.165, 1.54) is 22.2 Å². The molecule has 0 unspecified atom stereocenters. The van der Waals surface area contributed by atoms with Gasteiger partial charge in [0.25, 0.3) is 5.56 Å². The van der Waals surface area contributed by atoms with Gasteiger partial charge in [-0.15, -0.1) is 6.58 Å². The molecule has 0 spiro atoms. The van der Waals surface area contributed by atoms with E-state index in [4.69, 9.17) is 17.0 Å². The lowest BCUT2D eigenvalue weighted by molar-refractivity contribution is 0.0970. The summed E-state index contributed by atoms with van der Waals surface area (Å²) in [6.45, 7) is 4.07. The van der Waals surface area contributed by atoms with E-state index >= 15 is 0 Å². The number of ether oxygens (including phenoxy) is 1. The van der Waals surface area contributed by atoms with Crippen LogP contribution in [0.1, 0.15) is 10.4 Å². The van der Waals surface area contributed by atoms with Gasteiger partial charge in [-0.25, -0.2) is 4.98 Å². The van der Waals surface area contributed by atoms with Gasteiger partial charge in [0.05, 0.1) is 6.54 Å². The summed E-state index contributed by atoms with van der Waals surface area (Å²) in [5, 5.41) is 0. The fraction of sp³-hybridized carbons (Fsp3) is 0.0909. The van der Waals surface area contributed by atoms with Crippen LogP contribution < -0.4 is 10.3 Å². The van der Waals surface area contributed by atoms with Crippen LogP contribution in [0.3, 0.4) is 0 Å². The van der Waals surface area contributed by atoms with E-state index in [1.807, 2.05) is 30.3 Å². The van der Waals surface area contributed by atoms with Crippen molar-refractivity contribution < 1.29 is 9.53 Å². The number of allylic oxidation sites excluding steroid dienone is 1. The highest BCUT2D eigenvalue weighted by molar-refractivity contribution is 7.73. The molecule has 6 nitrogen and oxygen atoms in total. The molecule has 0 N–H and O–H groups in total. The van der Waals surface area contributed by atoms with Crippen LogP contribution in [-0.4, -0.2) is 19.9 Å². The first-order chi connectivity index (χ1) is 14.6. The Morgan fingerprint density at radius 1 is 1.13 bits per heavy atom. The quantitative estimate of drug-likeness (QED) is 0.236. The molecular weight excluding hydrogens is 418 g/mol. The molecule has 0 atom stereocenters. The van der Waals surface area contributed by atoms with Crippen molar-refractivity contribution in [2.75, 3.05) is 0 Å². The van der Waals surface area contributed by atoms with Crippen LogP contribution >= 0.6 is 23.6 Å². The zero-order valence-electron chi connectivity index (χ0n) is 15.9. The zero-order chi connectivity index (χ0) is 21.1. The Bertz CT molecular complexity index is 1340. The Kier molecular flexibility index (Phi) is 5.69. The fourth-order valence-corrected chi connectivity index (χ4v) is 4.27. The Morgan fingerprint density at radius 2 is 1.83 bits per heavy atom. The third-order valence-corrected chi connectivity index (χ3v) is 5.85. The summed E-state index contributed by atoms with van der Waals surface area (Å²) in [5.41, 5.74) is 0.719. The first-order valence-electron chi connectivity index (χ1n) is 9.12. The third-order valence-electron chi connectivity index (χ3n) is 4.42. The van der Waals surface area contributed by atoms with Crippen molar-refractivity contribution in [1.29, 1.82) is 0 Å². The smallest absolute Gasteiger partial charge is 0.273 e. The van der Waals surface area contributed by atoms with Crippen molar-refractivity contribution in [3.63, 3.8) is 0 Å². The first kappa shape index (κ1) is 19.9. The number of para-hydroxylation sites is 1. The average molecular weight is 436 g/mol. The normalized spacial score (nSPS) is 10.8. The van der Waals surface area contributed by atoms with E-state index in [2.05, 4.69) is 11.6 Å². The van der Waals surface area contributed by atoms with Gasteiger partial charge in [-0.05, 0) is 48.6 Å². The van der Waals surface area contributed by atoms with Gasteiger partial charge < -0.3 is 9.30 Å². The molecule has 0 saturated carbocycles. The number of aromatic nitrogens is 3. The largest absolute Gasteiger partial charge is 0.457 e. The van der Waals surface area contributed by atoms with Crippen molar-refractivity contribution in [1.82, 2.24) is 14.1 Å². The molecule has 0 aliphatic carbocycles. The van der Waals surface area contributed by atoms with Gasteiger partial charge in [0.2, 0.25) is 0 Å². The standard InChI is InChI=1S/C22H17N3O3S2/c1-2-12-25-20-19(30-22(25)29)21(27)24(14-23-20)13-18(26)15-8-10-17(11-9-15)28-16-6-4-3-5-7-16/h2-11,14H,1,12-13H2. The van der Waals surface area contributed by atoms with Crippen LogP contribution in [0.15, 0.2) is 78.4 Å². The lowest BCUT2D eigenvalue weighted by Gasteiger charge is -2.08. The molecule has 8 heteroatoms. The SMILES string of the molecule is C=CCn1c(=S)sc2c(=O)n(CC(=O)c3ccc(Oc4ccccc4)cc3)cnc21.